The first-order valence-electron chi connectivity index (χ1n) is 9.89. The number of ether oxygens (including phenoxy) is 2. The number of hydrogen-bond acceptors (Lipinski definition) is 5. The summed E-state index contributed by atoms with van der Waals surface area (Å²) in [4.78, 5) is 31.0. The van der Waals surface area contributed by atoms with Crippen LogP contribution in [-0.4, -0.2) is 30.7 Å². The van der Waals surface area contributed by atoms with Crippen molar-refractivity contribution in [1.82, 2.24) is 0 Å². The lowest BCUT2D eigenvalue weighted by Gasteiger charge is -2.39. The van der Waals surface area contributed by atoms with Crippen molar-refractivity contribution in [2.45, 2.75) is 59.5 Å². The first-order valence-corrected chi connectivity index (χ1v) is 10.7. The van der Waals surface area contributed by atoms with Gasteiger partial charge >= 0.3 is 5.97 Å². The summed E-state index contributed by atoms with van der Waals surface area (Å²) in [5.41, 5.74) is 2.87. The third kappa shape index (κ3) is 4.32. The van der Waals surface area contributed by atoms with E-state index in [0.717, 1.165) is 15.7 Å². The molecule has 1 aromatic rings. The van der Waals surface area contributed by atoms with Gasteiger partial charge in [0.25, 0.3) is 0 Å². The monoisotopic (exact) mass is 461 g/mol. The highest BCUT2D eigenvalue weighted by molar-refractivity contribution is 9.10. The average Bonchev–Trinajstić information content (AvgIpc) is 2.58. The van der Waals surface area contributed by atoms with Crippen LogP contribution < -0.4 is 4.74 Å². The number of methoxy groups -OCH3 is 1. The van der Waals surface area contributed by atoms with Gasteiger partial charge in [-0.2, -0.15) is 0 Å². The predicted molar refractivity (Wildman–Crippen MR) is 116 cm³/mol. The second-order valence-corrected chi connectivity index (χ2v) is 9.74. The Morgan fingerprint density at radius 2 is 1.97 bits per heavy atom. The number of ketones is 1. The van der Waals surface area contributed by atoms with Crippen LogP contribution in [0.3, 0.4) is 0 Å². The van der Waals surface area contributed by atoms with E-state index in [2.05, 4.69) is 29.8 Å². The molecule has 0 spiro atoms. The summed E-state index contributed by atoms with van der Waals surface area (Å²) >= 11 is 3.54. The predicted octanol–water partition coefficient (Wildman–Crippen LogP) is 5.23. The van der Waals surface area contributed by atoms with Crippen LogP contribution in [0.4, 0.5) is 0 Å². The van der Waals surface area contributed by atoms with Crippen LogP contribution >= 0.6 is 15.9 Å². The van der Waals surface area contributed by atoms with Gasteiger partial charge in [-0.25, -0.2) is 0 Å². The van der Waals surface area contributed by atoms with E-state index in [1.165, 1.54) is 0 Å². The lowest BCUT2D eigenvalue weighted by atomic mass is 9.67. The van der Waals surface area contributed by atoms with Gasteiger partial charge in [0.15, 0.2) is 5.78 Å². The van der Waals surface area contributed by atoms with E-state index in [9.17, 15) is 9.59 Å². The second-order valence-electron chi connectivity index (χ2n) is 8.89. The Kier molecular flexibility index (Phi) is 6.04. The zero-order valence-corrected chi connectivity index (χ0v) is 19.4. The minimum atomic E-state index is -0.624. The van der Waals surface area contributed by atoms with Crippen LogP contribution in [0.5, 0.6) is 5.75 Å². The number of rotatable bonds is 4. The summed E-state index contributed by atoms with van der Waals surface area (Å²) < 4.78 is 11.7. The highest BCUT2D eigenvalue weighted by atomic mass is 79.9. The number of halogens is 1. The van der Waals surface area contributed by atoms with Gasteiger partial charge in [-0.1, -0.05) is 19.9 Å². The molecule has 2 atom stereocenters. The molecule has 0 saturated carbocycles. The molecule has 3 rings (SSSR count). The number of carbonyl (C=O) groups is 2. The molecular weight excluding hydrogens is 434 g/mol. The normalized spacial score (nSPS) is 23.6. The molecule has 156 valence electrons. The molecule has 6 heteroatoms. The molecule has 1 aliphatic heterocycles. The number of esters is 1. The van der Waals surface area contributed by atoms with Crippen molar-refractivity contribution in [3.8, 4) is 5.75 Å². The van der Waals surface area contributed by atoms with Crippen LogP contribution in [0, 0.1) is 11.3 Å². The van der Waals surface area contributed by atoms with Crippen molar-refractivity contribution in [2.24, 2.45) is 16.3 Å². The summed E-state index contributed by atoms with van der Waals surface area (Å²) in [7, 11) is 1.60. The maximum absolute atomic E-state index is 13.2. The molecular formula is C23H28BrNO4. The van der Waals surface area contributed by atoms with Crippen molar-refractivity contribution < 1.29 is 19.1 Å². The maximum atomic E-state index is 13.2. The number of aliphatic imine (C=N–C) groups is 1. The van der Waals surface area contributed by atoms with Crippen molar-refractivity contribution in [1.29, 1.82) is 0 Å². The third-order valence-corrected chi connectivity index (χ3v) is 6.06. The molecule has 0 N–H and O–H groups in total. The van der Waals surface area contributed by atoms with Gasteiger partial charge in [-0.15, -0.1) is 0 Å². The lowest BCUT2D eigenvalue weighted by molar-refractivity contribution is -0.150. The fraction of sp³-hybridized carbons (Fsp3) is 0.522. The summed E-state index contributed by atoms with van der Waals surface area (Å²) in [6.45, 7) is 9.67. The van der Waals surface area contributed by atoms with Gasteiger partial charge in [0, 0.05) is 29.3 Å². The molecule has 0 aromatic heterocycles. The van der Waals surface area contributed by atoms with Crippen molar-refractivity contribution >= 4 is 33.4 Å². The topological polar surface area (TPSA) is 65.0 Å². The summed E-state index contributed by atoms with van der Waals surface area (Å²) in [5, 5.41) is 0. The van der Waals surface area contributed by atoms with E-state index in [-0.39, 0.29) is 23.3 Å². The van der Waals surface area contributed by atoms with Gasteiger partial charge in [0.1, 0.15) is 11.7 Å². The highest BCUT2D eigenvalue weighted by Gasteiger charge is 2.46. The number of benzene rings is 1. The molecule has 1 heterocycles. The minimum absolute atomic E-state index is 0.0618. The third-order valence-electron chi connectivity index (χ3n) is 5.44. The second kappa shape index (κ2) is 8.05. The molecule has 0 radical (unpaired) electrons. The maximum Gasteiger partial charge on any atom is 0.315 e. The van der Waals surface area contributed by atoms with Crippen LogP contribution in [0.2, 0.25) is 0 Å². The van der Waals surface area contributed by atoms with Crippen molar-refractivity contribution in [3.63, 3.8) is 0 Å². The first kappa shape index (κ1) is 21.8. The van der Waals surface area contributed by atoms with Crippen LogP contribution in [0.1, 0.15) is 58.9 Å². The van der Waals surface area contributed by atoms with E-state index in [1.807, 2.05) is 39.0 Å². The van der Waals surface area contributed by atoms with Gasteiger partial charge in [0.2, 0.25) is 0 Å². The van der Waals surface area contributed by atoms with Crippen molar-refractivity contribution in [2.75, 3.05) is 7.11 Å². The van der Waals surface area contributed by atoms with Gasteiger partial charge in [-0.05, 0) is 66.2 Å². The number of carbonyl (C=O) groups excluding carboxylic acids is 2. The van der Waals surface area contributed by atoms with E-state index in [1.54, 1.807) is 7.11 Å². The molecule has 0 fully saturated rings. The van der Waals surface area contributed by atoms with Crippen LogP contribution in [0.25, 0.3) is 0 Å². The Morgan fingerprint density at radius 3 is 2.55 bits per heavy atom. The Morgan fingerprint density at radius 1 is 1.28 bits per heavy atom. The van der Waals surface area contributed by atoms with Crippen molar-refractivity contribution in [3.05, 3.63) is 39.5 Å². The van der Waals surface area contributed by atoms with E-state index < -0.39 is 11.8 Å². The highest BCUT2D eigenvalue weighted by Crippen LogP contribution is 2.48. The number of nitrogens with zero attached hydrogens (tertiary/aromatic N) is 1. The molecule has 0 bridgehead atoms. The molecule has 2 aliphatic rings. The summed E-state index contributed by atoms with van der Waals surface area (Å²) in [6, 6.07) is 5.69. The smallest absolute Gasteiger partial charge is 0.315 e. The molecule has 5 nitrogen and oxygen atoms in total. The fourth-order valence-electron chi connectivity index (χ4n) is 4.29. The molecule has 0 amide bonds. The fourth-order valence-corrected chi connectivity index (χ4v) is 4.85. The standard InChI is InChI=1S/C23H28BrNO4/c1-12(2)29-22(27)19-13(3)25-16-10-23(4,5)11-17(26)21(16)20(19)14-7-8-18(28-6)15(24)9-14/h7-9,12,19-20H,10-11H2,1-6H3/t19?,20-/m1/s1. The zero-order valence-electron chi connectivity index (χ0n) is 17.8. The minimum Gasteiger partial charge on any atom is -0.496 e. The quantitative estimate of drug-likeness (QED) is 0.575. The molecule has 1 aromatic carbocycles. The van der Waals surface area contributed by atoms with Crippen LogP contribution in [0.15, 0.2) is 38.9 Å². The average molecular weight is 462 g/mol. The Balaban J connectivity index is 2.17. The Bertz CT molecular complexity index is 913. The molecule has 0 saturated heterocycles. The largest absolute Gasteiger partial charge is 0.496 e. The van der Waals surface area contributed by atoms with Crippen LogP contribution in [-0.2, 0) is 14.3 Å². The van der Waals surface area contributed by atoms with E-state index in [4.69, 9.17) is 14.5 Å². The Labute approximate surface area is 180 Å². The number of hydrogen-bond donors (Lipinski definition) is 0. The zero-order chi connectivity index (χ0) is 21.5. The summed E-state index contributed by atoms with van der Waals surface area (Å²) in [6.07, 6.45) is 0.917. The first-order chi connectivity index (χ1) is 13.5. The molecule has 29 heavy (non-hydrogen) atoms. The molecule has 1 aliphatic carbocycles. The SMILES string of the molecule is COc1ccc([C@H]2C3=C(CC(C)(C)CC3=O)N=C(C)C2C(=O)OC(C)C)cc1Br. The van der Waals surface area contributed by atoms with Gasteiger partial charge in [0.05, 0.1) is 17.7 Å². The molecule has 1 unspecified atom stereocenters. The van der Waals surface area contributed by atoms with E-state index >= 15 is 0 Å². The summed E-state index contributed by atoms with van der Waals surface area (Å²) in [5.74, 6) is -0.628. The van der Waals surface area contributed by atoms with Gasteiger partial charge < -0.3 is 9.47 Å². The lowest BCUT2D eigenvalue weighted by Crippen LogP contribution is -2.40. The Hall–Kier alpha value is -1.95. The van der Waals surface area contributed by atoms with Gasteiger partial charge in [-0.3, -0.25) is 14.6 Å². The number of Topliss-reactive ketones (excluding diaryl/α,β-unsaturated/α-hetero) is 1. The van der Waals surface area contributed by atoms with E-state index in [0.29, 0.717) is 29.9 Å². The number of allylic oxidation sites excluding steroid dienone is 2.